The van der Waals surface area contributed by atoms with Crippen molar-refractivity contribution in [1.82, 2.24) is 9.63 Å². The van der Waals surface area contributed by atoms with Crippen LogP contribution in [0.5, 0.6) is 5.75 Å². The first-order valence-corrected chi connectivity index (χ1v) is 5.66. The molecule has 1 heterocycles. The first kappa shape index (κ1) is 12.0. The van der Waals surface area contributed by atoms with Gasteiger partial charge in [0.2, 0.25) is 0 Å². The Morgan fingerprint density at radius 2 is 2.18 bits per heavy atom. The molecule has 0 radical (unpaired) electrons. The van der Waals surface area contributed by atoms with Crippen LogP contribution in [0.15, 0.2) is 30.5 Å². The van der Waals surface area contributed by atoms with Crippen LogP contribution in [0.4, 0.5) is 0 Å². The maximum absolute atomic E-state index is 9.37. The van der Waals surface area contributed by atoms with Gasteiger partial charge in [-0.05, 0) is 31.2 Å². The lowest BCUT2D eigenvalue weighted by molar-refractivity contribution is -0.100. The smallest absolute Gasteiger partial charge is 0.119 e. The van der Waals surface area contributed by atoms with Crippen molar-refractivity contribution in [3.63, 3.8) is 0 Å². The van der Waals surface area contributed by atoms with Gasteiger partial charge in [0.25, 0.3) is 0 Å². The minimum Gasteiger partial charge on any atom is -0.497 e. The molecule has 1 aromatic heterocycles. The predicted molar refractivity (Wildman–Crippen MR) is 67.5 cm³/mol. The Morgan fingerprint density at radius 3 is 2.82 bits per heavy atom. The lowest BCUT2D eigenvalue weighted by Crippen LogP contribution is -2.29. The van der Waals surface area contributed by atoms with Gasteiger partial charge in [0.15, 0.2) is 0 Å². The van der Waals surface area contributed by atoms with Crippen LogP contribution in [0.1, 0.15) is 6.92 Å². The number of ether oxygens (including phenoxy) is 1. The number of rotatable bonds is 4. The van der Waals surface area contributed by atoms with Gasteiger partial charge >= 0.3 is 0 Å². The Labute approximate surface area is 101 Å². The maximum Gasteiger partial charge on any atom is 0.119 e. The minimum atomic E-state index is 0.0766. The zero-order valence-corrected chi connectivity index (χ0v) is 10.4. The van der Waals surface area contributed by atoms with Crippen LogP contribution in [0.3, 0.4) is 0 Å². The molecule has 0 saturated heterocycles. The first-order valence-electron chi connectivity index (χ1n) is 5.66. The molecule has 0 aliphatic heterocycles. The van der Waals surface area contributed by atoms with E-state index in [4.69, 9.17) is 4.74 Å². The zero-order chi connectivity index (χ0) is 12.4. The number of nitrogens with zero attached hydrogens (tertiary/aromatic N) is 2. The van der Waals surface area contributed by atoms with Crippen LogP contribution in [0.25, 0.3) is 10.9 Å². The van der Waals surface area contributed by atoms with Crippen LogP contribution < -0.4 is 4.74 Å². The van der Waals surface area contributed by atoms with Gasteiger partial charge in [-0.25, -0.2) is 0 Å². The second kappa shape index (κ2) is 4.77. The zero-order valence-electron chi connectivity index (χ0n) is 10.4. The highest BCUT2D eigenvalue weighted by molar-refractivity contribution is 5.81. The summed E-state index contributed by atoms with van der Waals surface area (Å²) in [5.41, 5.74) is 1.15. The average molecular weight is 234 g/mol. The van der Waals surface area contributed by atoms with Gasteiger partial charge in [-0.2, -0.15) is 5.06 Å². The summed E-state index contributed by atoms with van der Waals surface area (Å²) in [7, 11) is 3.33. The number of benzene rings is 1. The second-order valence-electron chi connectivity index (χ2n) is 4.32. The highest BCUT2D eigenvalue weighted by atomic mass is 16.5. The fourth-order valence-electron chi connectivity index (χ4n) is 1.87. The summed E-state index contributed by atoms with van der Waals surface area (Å²) in [4.78, 5) is 0. The van der Waals surface area contributed by atoms with Gasteiger partial charge in [-0.15, -0.1) is 0 Å². The Bertz CT molecular complexity index is 505. The summed E-state index contributed by atoms with van der Waals surface area (Å²) < 4.78 is 7.32. The molecule has 1 atom stereocenters. The molecule has 0 aliphatic carbocycles. The molecule has 1 N–H and O–H groups in total. The number of hydrogen-bond acceptors (Lipinski definition) is 3. The van der Waals surface area contributed by atoms with E-state index in [2.05, 4.69) is 10.6 Å². The number of fused-ring (bicyclic) bond motifs is 1. The fourth-order valence-corrected chi connectivity index (χ4v) is 1.87. The third-order valence-corrected chi connectivity index (χ3v) is 3.08. The Morgan fingerprint density at radius 1 is 1.41 bits per heavy atom. The molecular formula is C13H18N2O2. The highest BCUT2D eigenvalue weighted by Crippen LogP contribution is 2.22. The monoisotopic (exact) mass is 234 g/mol. The van der Waals surface area contributed by atoms with Crippen molar-refractivity contribution in [2.45, 2.75) is 19.5 Å². The van der Waals surface area contributed by atoms with Crippen molar-refractivity contribution < 1.29 is 9.94 Å². The van der Waals surface area contributed by atoms with Crippen molar-refractivity contribution in [3.8, 4) is 5.75 Å². The maximum atomic E-state index is 9.37. The molecule has 4 nitrogen and oxygen atoms in total. The number of aromatic nitrogens is 1. The van der Waals surface area contributed by atoms with Gasteiger partial charge in [-0.1, -0.05) is 0 Å². The van der Waals surface area contributed by atoms with Crippen LogP contribution in [-0.4, -0.2) is 35.0 Å². The summed E-state index contributed by atoms with van der Waals surface area (Å²) in [5, 5.41) is 11.8. The van der Waals surface area contributed by atoms with Crippen molar-refractivity contribution >= 4 is 10.9 Å². The number of likely N-dealkylation sites (N-methyl/N-ethyl adjacent to an activating group) is 1. The standard InChI is InChI=1S/C13H18N2O2/c1-10(14(2)16)9-15-7-6-11-8-12(17-3)4-5-13(11)15/h4-8,10,16H,9H2,1-3H3/t10-/m1/s1. The Hall–Kier alpha value is -1.52. The Kier molecular flexibility index (Phi) is 3.36. The van der Waals surface area contributed by atoms with E-state index in [1.54, 1.807) is 14.2 Å². The van der Waals surface area contributed by atoms with Crippen LogP contribution in [0.2, 0.25) is 0 Å². The first-order chi connectivity index (χ1) is 8.11. The van der Waals surface area contributed by atoms with Crippen LogP contribution in [0, 0.1) is 0 Å². The molecule has 0 unspecified atom stereocenters. The summed E-state index contributed by atoms with van der Waals surface area (Å²) in [6.45, 7) is 2.73. The topological polar surface area (TPSA) is 37.6 Å². The molecule has 1 aromatic carbocycles. The molecule has 0 bridgehead atoms. The van der Waals surface area contributed by atoms with Crippen LogP contribution in [-0.2, 0) is 6.54 Å². The molecule has 2 rings (SSSR count). The highest BCUT2D eigenvalue weighted by Gasteiger charge is 2.09. The third-order valence-electron chi connectivity index (χ3n) is 3.08. The minimum absolute atomic E-state index is 0.0766. The molecular weight excluding hydrogens is 216 g/mol. The predicted octanol–water partition coefficient (Wildman–Crippen LogP) is 2.36. The average Bonchev–Trinajstić information content (AvgIpc) is 2.71. The molecule has 17 heavy (non-hydrogen) atoms. The summed E-state index contributed by atoms with van der Waals surface area (Å²) in [5.74, 6) is 0.863. The molecule has 92 valence electrons. The second-order valence-corrected chi connectivity index (χ2v) is 4.32. The molecule has 0 spiro atoms. The number of hydroxylamine groups is 2. The van der Waals surface area contributed by atoms with E-state index in [0.717, 1.165) is 23.2 Å². The van der Waals surface area contributed by atoms with Gasteiger partial charge < -0.3 is 14.5 Å². The van der Waals surface area contributed by atoms with E-state index in [0.29, 0.717) is 0 Å². The van der Waals surface area contributed by atoms with E-state index in [1.165, 1.54) is 5.06 Å². The van der Waals surface area contributed by atoms with Crippen molar-refractivity contribution in [2.75, 3.05) is 14.2 Å². The van der Waals surface area contributed by atoms with Crippen LogP contribution >= 0.6 is 0 Å². The van der Waals surface area contributed by atoms with Crippen molar-refractivity contribution in [2.24, 2.45) is 0 Å². The van der Waals surface area contributed by atoms with E-state index < -0.39 is 0 Å². The molecule has 0 aliphatic rings. The summed E-state index contributed by atoms with van der Waals surface area (Å²) in [6.07, 6.45) is 2.03. The lowest BCUT2D eigenvalue weighted by Gasteiger charge is -2.19. The van der Waals surface area contributed by atoms with Gasteiger partial charge in [0, 0.05) is 36.7 Å². The SMILES string of the molecule is COc1ccc2c(ccn2C[C@@H](C)N(C)O)c1. The number of hydrogen-bond donors (Lipinski definition) is 1. The Balaban J connectivity index is 2.30. The van der Waals surface area contributed by atoms with Gasteiger partial charge in [-0.3, -0.25) is 0 Å². The third kappa shape index (κ3) is 2.43. The molecule has 0 amide bonds. The molecule has 2 aromatic rings. The van der Waals surface area contributed by atoms with E-state index >= 15 is 0 Å². The summed E-state index contributed by atoms with van der Waals surface area (Å²) in [6, 6.07) is 8.14. The largest absolute Gasteiger partial charge is 0.497 e. The van der Waals surface area contributed by atoms with E-state index in [-0.39, 0.29) is 6.04 Å². The van der Waals surface area contributed by atoms with Gasteiger partial charge in [0.05, 0.1) is 7.11 Å². The normalized spacial score (nSPS) is 13.2. The summed E-state index contributed by atoms with van der Waals surface area (Å²) >= 11 is 0. The van der Waals surface area contributed by atoms with Crippen molar-refractivity contribution in [1.29, 1.82) is 0 Å². The quantitative estimate of drug-likeness (QED) is 0.825. The molecule has 0 fully saturated rings. The lowest BCUT2D eigenvalue weighted by atomic mass is 10.2. The van der Waals surface area contributed by atoms with E-state index in [1.807, 2.05) is 31.3 Å². The molecule has 0 saturated carbocycles. The molecule has 4 heteroatoms. The number of methoxy groups -OCH3 is 1. The van der Waals surface area contributed by atoms with Gasteiger partial charge in [0.1, 0.15) is 5.75 Å². The van der Waals surface area contributed by atoms with E-state index in [9.17, 15) is 5.21 Å². The van der Waals surface area contributed by atoms with Crippen molar-refractivity contribution in [3.05, 3.63) is 30.5 Å². The fraction of sp³-hybridized carbons (Fsp3) is 0.385.